The molecule has 142 valence electrons. The summed E-state index contributed by atoms with van der Waals surface area (Å²) in [6.07, 6.45) is 0.763. The van der Waals surface area contributed by atoms with Gasteiger partial charge in [0, 0.05) is 17.5 Å². The smallest absolute Gasteiger partial charge is 0.236 e. The number of benzene rings is 1. The molecule has 0 saturated heterocycles. The number of nitrogens with zero attached hydrogens (tertiary/aromatic N) is 1. The van der Waals surface area contributed by atoms with Crippen molar-refractivity contribution in [2.75, 3.05) is 27.3 Å². The predicted molar refractivity (Wildman–Crippen MR) is 106 cm³/mol. The Morgan fingerprint density at radius 2 is 1.96 bits per heavy atom. The van der Waals surface area contributed by atoms with Gasteiger partial charge in [0.2, 0.25) is 5.91 Å². The van der Waals surface area contributed by atoms with E-state index in [1.165, 1.54) is 4.88 Å². The minimum absolute atomic E-state index is 0.118. The summed E-state index contributed by atoms with van der Waals surface area (Å²) in [5, 5.41) is 5.25. The maximum Gasteiger partial charge on any atom is 0.236 e. The lowest BCUT2D eigenvalue weighted by Crippen LogP contribution is -2.40. The normalized spacial score (nSPS) is 10.8. The van der Waals surface area contributed by atoms with Gasteiger partial charge < -0.3 is 19.7 Å². The largest absolute Gasteiger partial charge is 0.493 e. The molecule has 0 bridgehead atoms. The highest BCUT2D eigenvalue weighted by atomic mass is 32.1. The molecule has 1 amide bonds. The first-order valence-electron chi connectivity index (χ1n) is 8.78. The van der Waals surface area contributed by atoms with Gasteiger partial charge in [-0.05, 0) is 35.6 Å². The van der Waals surface area contributed by atoms with E-state index in [9.17, 15) is 4.79 Å². The molecule has 1 heterocycles. The summed E-state index contributed by atoms with van der Waals surface area (Å²) in [7, 11) is 3.26. The molecule has 0 fully saturated rings. The molecule has 0 aliphatic heterocycles. The van der Waals surface area contributed by atoms with Crippen molar-refractivity contribution >= 4 is 17.2 Å². The van der Waals surface area contributed by atoms with Crippen LogP contribution >= 0.6 is 11.3 Å². The zero-order chi connectivity index (χ0) is 18.9. The summed E-state index contributed by atoms with van der Waals surface area (Å²) in [5.41, 5.74) is 1.11. The van der Waals surface area contributed by atoms with Crippen molar-refractivity contribution < 1.29 is 14.3 Å². The third-order valence-corrected chi connectivity index (χ3v) is 4.92. The lowest BCUT2D eigenvalue weighted by atomic mass is 10.1. The number of thiophene rings is 1. The van der Waals surface area contributed by atoms with Crippen LogP contribution in [0.25, 0.3) is 0 Å². The highest BCUT2D eigenvalue weighted by Gasteiger charge is 2.15. The third kappa shape index (κ3) is 6.04. The van der Waals surface area contributed by atoms with Gasteiger partial charge in [-0.15, -0.1) is 11.3 Å². The first-order chi connectivity index (χ1) is 12.5. The van der Waals surface area contributed by atoms with Gasteiger partial charge in [0.05, 0.1) is 27.3 Å². The Labute approximate surface area is 159 Å². The summed E-state index contributed by atoms with van der Waals surface area (Å²) in [6.45, 7) is 5.74. The molecule has 0 aliphatic carbocycles. The van der Waals surface area contributed by atoms with Crippen LogP contribution in [0.4, 0.5) is 0 Å². The van der Waals surface area contributed by atoms with E-state index in [1.807, 2.05) is 48.4 Å². The molecule has 0 atom stereocenters. The van der Waals surface area contributed by atoms with Gasteiger partial charge in [0.1, 0.15) is 0 Å². The number of hydrogen-bond donors (Lipinski definition) is 1. The van der Waals surface area contributed by atoms with Crippen LogP contribution in [-0.2, 0) is 17.8 Å². The maximum atomic E-state index is 12.6. The Kier molecular flexibility index (Phi) is 7.94. The van der Waals surface area contributed by atoms with Gasteiger partial charge in [0.15, 0.2) is 11.5 Å². The fraction of sp³-hybridized carbons (Fsp3) is 0.450. The van der Waals surface area contributed by atoms with Gasteiger partial charge in [-0.2, -0.15) is 0 Å². The van der Waals surface area contributed by atoms with Crippen LogP contribution in [-0.4, -0.2) is 44.2 Å². The third-order valence-electron chi connectivity index (χ3n) is 4.06. The molecule has 1 aromatic heterocycles. The highest BCUT2D eigenvalue weighted by Crippen LogP contribution is 2.27. The van der Waals surface area contributed by atoms with Crippen molar-refractivity contribution in [1.82, 2.24) is 10.2 Å². The van der Waals surface area contributed by atoms with E-state index in [1.54, 1.807) is 25.6 Å². The SMILES string of the molecule is COc1ccc(CCN(Cc2cccs2)C(=O)CNC(C)C)cc1OC. The molecule has 0 radical (unpaired) electrons. The summed E-state index contributed by atoms with van der Waals surface area (Å²) in [4.78, 5) is 15.7. The number of carbonyl (C=O) groups excluding carboxylic acids is 1. The maximum absolute atomic E-state index is 12.6. The van der Waals surface area contributed by atoms with Crippen molar-refractivity contribution in [3.05, 3.63) is 46.2 Å². The second-order valence-corrected chi connectivity index (χ2v) is 7.40. The van der Waals surface area contributed by atoms with Gasteiger partial charge in [0.25, 0.3) is 0 Å². The molecular formula is C20H28N2O3S. The molecule has 2 aromatic rings. The minimum atomic E-state index is 0.118. The fourth-order valence-electron chi connectivity index (χ4n) is 2.59. The summed E-state index contributed by atoms with van der Waals surface area (Å²) in [6, 6.07) is 10.3. The summed E-state index contributed by atoms with van der Waals surface area (Å²) in [5.74, 6) is 1.54. The Balaban J connectivity index is 2.04. The van der Waals surface area contributed by atoms with E-state index in [2.05, 4.69) is 11.4 Å². The van der Waals surface area contributed by atoms with Crippen LogP contribution in [0.2, 0.25) is 0 Å². The quantitative estimate of drug-likeness (QED) is 0.691. The zero-order valence-electron chi connectivity index (χ0n) is 16.0. The number of carbonyl (C=O) groups is 1. The standard InChI is InChI=1S/C20H28N2O3S/c1-15(2)21-13-20(23)22(14-17-6-5-11-26-17)10-9-16-7-8-18(24-3)19(12-16)25-4/h5-8,11-12,15,21H,9-10,13-14H2,1-4H3. The monoisotopic (exact) mass is 376 g/mol. The lowest BCUT2D eigenvalue weighted by Gasteiger charge is -2.23. The first-order valence-corrected chi connectivity index (χ1v) is 9.66. The molecule has 1 aromatic carbocycles. The van der Waals surface area contributed by atoms with Crippen LogP contribution < -0.4 is 14.8 Å². The molecular weight excluding hydrogens is 348 g/mol. The molecule has 5 nitrogen and oxygen atoms in total. The van der Waals surface area contributed by atoms with E-state index in [-0.39, 0.29) is 11.9 Å². The molecule has 1 N–H and O–H groups in total. The van der Waals surface area contributed by atoms with Crippen molar-refractivity contribution in [2.45, 2.75) is 32.9 Å². The van der Waals surface area contributed by atoms with Crippen LogP contribution in [0.15, 0.2) is 35.7 Å². The molecule has 0 saturated carbocycles. The Bertz CT molecular complexity index is 686. The van der Waals surface area contributed by atoms with Crippen molar-refractivity contribution in [1.29, 1.82) is 0 Å². The van der Waals surface area contributed by atoms with Crippen molar-refractivity contribution in [3.63, 3.8) is 0 Å². The average Bonchev–Trinajstić information content (AvgIpc) is 3.15. The predicted octanol–water partition coefficient (Wildman–Crippen LogP) is 3.33. The van der Waals surface area contributed by atoms with Crippen molar-refractivity contribution in [2.24, 2.45) is 0 Å². The number of nitrogens with one attached hydrogen (secondary N) is 1. The topological polar surface area (TPSA) is 50.8 Å². The number of ether oxygens (including phenoxy) is 2. The summed E-state index contributed by atoms with van der Waals surface area (Å²) < 4.78 is 10.7. The second-order valence-electron chi connectivity index (χ2n) is 6.37. The van der Waals surface area contributed by atoms with Crippen molar-refractivity contribution in [3.8, 4) is 11.5 Å². The van der Waals surface area contributed by atoms with E-state index in [0.717, 1.165) is 12.0 Å². The van der Waals surface area contributed by atoms with Crippen LogP contribution in [0.3, 0.4) is 0 Å². The number of methoxy groups -OCH3 is 2. The minimum Gasteiger partial charge on any atom is -0.493 e. The Morgan fingerprint density at radius 3 is 2.58 bits per heavy atom. The molecule has 0 spiro atoms. The average molecular weight is 377 g/mol. The Morgan fingerprint density at radius 1 is 1.19 bits per heavy atom. The van der Waals surface area contributed by atoms with Gasteiger partial charge in [-0.1, -0.05) is 26.0 Å². The van der Waals surface area contributed by atoms with Gasteiger partial charge >= 0.3 is 0 Å². The van der Waals surface area contributed by atoms with Crippen LogP contribution in [0.1, 0.15) is 24.3 Å². The van der Waals surface area contributed by atoms with E-state index >= 15 is 0 Å². The lowest BCUT2D eigenvalue weighted by molar-refractivity contribution is -0.130. The van der Waals surface area contributed by atoms with E-state index in [4.69, 9.17) is 9.47 Å². The number of rotatable bonds is 10. The fourth-order valence-corrected chi connectivity index (χ4v) is 3.31. The van der Waals surface area contributed by atoms with E-state index in [0.29, 0.717) is 31.1 Å². The van der Waals surface area contributed by atoms with E-state index < -0.39 is 0 Å². The molecule has 6 heteroatoms. The number of hydrogen-bond acceptors (Lipinski definition) is 5. The van der Waals surface area contributed by atoms with Gasteiger partial charge in [-0.25, -0.2) is 0 Å². The summed E-state index contributed by atoms with van der Waals surface area (Å²) >= 11 is 1.67. The molecule has 2 rings (SSSR count). The van der Waals surface area contributed by atoms with Gasteiger partial charge in [-0.3, -0.25) is 4.79 Å². The molecule has 0 unspecified atom stereocenters. The Hall–Kier alpha value is -2.05. The van der Waals surface area contributed by atoms with Crippen LogP contribution in [0, 0.1) is 0 Å². The zero-order valence-corrected chi connectivity index (χ0v) is 16.8. The molecule has 0 aliphatic rings. The number of amides is 1. The first kappa shape index (κ1) is 20.3. The second kappa shape index (κ2) is 10.2. The van der Waals surface area contributed by atoms with Crippen LogP contribution in [0.5, 0.6) is 11.5 Å². The molecule has 26 heavy (non-hydrogen) atoms. The highest BCUT2D eigenvalue weighted by molar-refractivity contribution is 7.09.